The zero-order valence-electron chi connectivity index (χ0n) is 10.7. The predicted molar refractivity (Wildman–Crippen MR) is 84.0 cm³/mol. The molecule has 1 amide bonds. The van der Waals surface area contributed by atoms with E-state index in [2.05, 4.69) is 10.3 Å². The zero-order valence-corrected chi connectivity index (χ0v) is 12.3. The van der Waals surface area contributed by atoms with Gasteiger partial charge in [-0.05, 0) is 31.4 Å². The molecule has 0 bridgehead atoms. The third kappa shape index (κ3) is 3.68. The number of hydrogen-bond acceptors (Lipinski definition) is 4. The van der Waals surface area contributed by atoms with Crippen molar-refractivity contribution in [3.05, 3.63) is 42.5 Å². The topological polar surface area (TPSA) is 42.0 Å². The van der Waals surface area contributed by atoms with Crippen LogP contribution in [0.5, 0.6) is 0 Å². The highest BCUT2D eigenvalue weighted by Gasteiger charge is 2.04. The fraction of sp³-hybridized carbons (Fsp3) is 0.143. The molecule has 5 heteroatoms. The van der Waals surface area contributed by atoms with Gasteiger partial charge in [0.25, 0.3) is 0 Å². The highest BCUT2D eigenvalue weighted by Crippen LogP contribution is 2.29. The summed E-state index contributed by atoms with van der Waals surface area (Å²) < 4.78 is 2.12. The van der Waals surface area contributed by atoms with Gasteiger partial charge in [-0.2, -0.15) is 0 Å². The highest BCUT2D eigenvalue weighted by atomic mass is 32.2. The van der Waals surface area contributed by atoms with Gasteiger partial charge in [0.1, 0.15) is 0 Å². The smallest absolute Gasteiger partial charge is 0.248 e. The van der Waals surface area contributed by atoms with Crippen LogP contribution in [0.15, 0.2) is 46.8 Å². The lowest BCUT2D eigenvalue weighted by molar-refractivity contribution is -0.111. The Morgan fingerprint density at radius 3 is 3.00 bits per heavy atom. The molecule has 2 rings (SSSR count). The second kappa shape index (κ2) is 6.54. The summed E-state index contributed by atoms with van der Waals surface area (Å²) in [6, 6.07) is 5.75. The summed E-state index contributed by atoms with van der Waals surface area (Å²) >= 11 is 3.26. The lowest BCUT2D eigenvalue weighted by Gasteiger charge is -2.01. The highest BCUT2D eigenvalue weighted by molar-refractivity contribution is 8.00. The molecule has 98 valence electrons. The summed E-state index contributed by atoms with van der Waals surface area (Å²) in [5.74, 6) is -0.132. The van der Waals surface area contributed by atoms with Crippen molar-refractivity contribution >= 4 is 44.9 Å². The van der Waals surface area contributed by atoms with Gasteiger partial charge >= 0.3 is 0 Å². The van der Waals surface area contributed by atoms with Crippen molar-refractivity contribution in [2.24, 2.45) is 0 Å². The van der Waals surface area contributed by atoms with Gasteiger partial charge in [-0.1, -0.05) is 30.0 Å². The Bertz CT molecular complexity index is 644. The normalized spacial score (nSPS) is 11.7. The molecule has 0 spiro atoms. The zero-order chi connectivity index (χ0) is 13.7. The van der Waals surface area contributed by atoms with Crippen molar-refractivity contribution in [3.63, 3.8) is 0 Å². The number of nitrogens with zero attached hydrogens (tertiary/aromatic N) is 1. The average molecular weight is 290 g/mol. The van der Waals surface area contributed by atoms with E-state index < -0.39 is 0 Å². The molecule has 1 N–H and O–H groups in total. The van der Waals surface area contributed by atoms with Gasteiger partial charge in [0, 0.05) is 11.8 Å². The number of nitrogens with one attached hydrogen (secondary N) is 1. The maximum absolute atomic E-state index is 11.6. The van der Waals surface area contributed by atoms with Crippen LogP contribution < -0.4 is 5.32 Å². The maximum Gasteiger partial charge on any atom is 0.248 e. The predicted octanol–water partition coefficient (Wildman–Crippen LogP) is 4.09. The van der Waals surface area contributed by atoms with Gasteiger partial charge in [-0.3, -0.25) is 4.79 Å². The van der Waals surface area contributed by atoms with E-state index in [1.54, 1.807) is 29.2 Å². The van der Waals surface area contributed by atoms with Crippen molar-refractivity contribution in [2.75, 3.05) is 11.6 Å². The molecule has 0 saturated carbocycles. The van der Waals surface area contributed by atoms with E-state index in [0.29, 0.717) is 0 Å². The van der Waals surface area contributed by atoms with Gasteiger partial charge in [0.15, 0.2) is 4.34 Å². The number of thiazole rings is 1. The molecule has 0 atom stereocenters. The minimum Gasteiger partial charge on any atom is -0.322 e. The van der Waals surface area contributed by atoms with E-state index in [0.717, 1.165) is 20.2 Å². The van der Waals surface area contributed by atoms with Crippen molar-refractivity contribution in [1.82, 2.24) is 4.98 Å². The van der Waals surface area contributed by atoms with Gasteiger partial charge in [-0.15, -0.1) is 11.3 Å². The van der Waals surface area contributed by atoms with Crippen LogP contribution in [0, 0.1) is 0 Å². The Morgan fingerprint density at radius 2 is 2.26 bits per heavy atom. The monoisotopic (exact) mass is 290 g/mol. The second-order valence-corrected chi connectivity index (χ2v) is 5.82. The number of hydrogen-bond donors (Lipinski definition) is 1. The van der Waals surface area contributed by atoms with E-state index in [-0.39, 0.29) is 5.91 Å². The lowest BCUT2D eigenvalue weighted by atomic mass is 10.3. The number of aromatic nitrogens is 1. The molecule has 19 heavy (non-hydrogen) atoms. The average Bonchev–Trinajstić information content (AvgIpc) is 2.81. The molecule has 0 saturated heterocycles. The van der Waals surface area contributed by atoms with Crippen LogP contribution in [0.1, 0.15) is 6.92 Å². The van der Waals surface area contributed by atoms with Gasteiger partial charge in [-0.25, -0.2) is 4.98 Å². The summed E-state index contributed by atoms with van der Waals surface area (Å²) in [5.41, 5.74) is 1.76. The molecule has 0 aliphatic rings. The number of amides is 1. The minimum atomic E-state index is -0.132. The molecule has 1 heterocycles. The first kappa shape index (κ1) is 13.8. The molecule has 0 aliphatic carbocycles. The minimum absolute atomic E-state index is 0.132. The van der Waals surface area contributed by atoms with Crippen LogP contribution in [0.3, 0.4) is 0 Å². The molecule has 0 radical (unpaired) electrons. The van der Waals surface area contributed by atoms with Crippen molar-refractivity contribution in [2.45, 2.75) is 11.3 Å². The van der Waals surface area contributed by atoms with Crippen molar-refractivity contribution < 1.29 is 4.79 Å². The van der Waals surface area contributed by atoms with Crippen LogP contribution in [0.25, 0.3) is 10.2 Å². The largest absolute Gasteiger partial charge is 0.322 e. The summed E-state index contributed by atoms with van der Waals surface area (Å²) in [7, 11) is 0. The summed E-state index contributed by atoms with van der Waals surface area (Å²) in [6.45, 7) is 1.91. The van der Waals surface area contributed by atoms with Gasteiger partial charge in [0.2, 0.25) is 5.91 Å². The van der Waals surface area contributed by atoms with Crippen LogP contribution in [0.4, 0.5) is 5.69 Å². The van der Waals surface area contributed by atoms with Crippen LogP contribution >= 0.6 is 23.1 Å². The fourth-order valence-corrected chi connectivity index (χ4v) is 3.04. The van der Waals surface area contributed by atoms with Gasteiger partial charge in [0.05, 0.1) is 10.2 Å². The Balaban J connectivity index is 2.14. The van der Waals surface area contributed by atoms with E-state index in [1.807, 2.05) is 43.5 Å². The number of rotatable bonds is 4. The molecule has 3 nitrogen and oxygen atoms in total. The summed E-state index contributed by atoms with van der Waals surface area (Å²) in [4.78, 5) is 16.1. The molecule has 2 aromatic rings. The van der Waals surface area contributed by atoms with Crippen molar-refractivity contribution in [3.8, 4) is 0 Å². The maximum atomic E-state index is 11.6. The van der Waals surface area contributed by atoms with Crippen molar-refractivity contribution in [1.29, 1.82) is 0 Å². The Hall–Kier alpha value is -1.59. The number of carbonyl (C=O) groups is 1. The van der Waals surface area contributed by atoms with Crippen LogP contribution in [0.2, 0.25) is 0 Å². The molecular formula is C14H14N2OS2. The fourth-order valence-electron chi connectivity index (χ4n) is 1.51. The second-order valence-electron chi connectivity index (χ2n) is 3.74. The Kier molecular flexibility index (Phi) is 4.76. The third-order valence-corrected chi connectivity index (χ3v) is 4.37. The first-order valence-corrected chi connectivity index (χ1v) is 7.82. The van der Waals surface area contributed by atoms with Gasteiger partial charge < -0.3 is 5.32 Å². The van der Waals surface area contributed by atoms with E-state index in [1.165, 1.54) is 6.08 Å². The van der Waals surface area contributed by atoms with Crippen LogP contribution in [-0.4, -0.2) is 17.1 Å². The quantitative estimate of drug-likeness (QED) is 0.524. The Labute approximate surface area is 120 Å². The van der Waals surface area contributed by atoms with E-state index >= 15 is 0 Å². The number of carbonyl (C=O) groups excluding carboxylic acids is 1. The molecule has 0 unspecified atom stereocenters. The number of allylic oxidation sites excluding steroid dienone is 3. The number of anilines is 1. The summed E-state index contributed by atoms with van der Waals surface area (Å²) in [6.07, 6.45) is 8.91. The molecular weight excluding hydrogens is 276 g/mol. The molecule has 1 aromatic heterocycles. The number of benzene rings is 1. The summed E-state index contributed by atoms with van der Waals surface area (Å²) in [5, 5.41) is 2.83. The lowest BCUT2D eigenvalue weighted by Crippen LogP contribution is -2.07. The number of fused-ring (bicyclic) bond motifs is 1. The number of thioether (sulfide) groups is 1. The SMILES string of the molecule is C/C=C/C=C/C(=O)Nc1ccc2nc(SC)sc2c1. The Morgan fingerprint density at radius 1 is 1.42 bits per heavy atom. The molecule has 1 aromatic carbocycles. The van der Waals surface area contributed by atoms with E-state index in [4.69, 9.17) is 0 Å². The molecule has 0 aliphatic heterocycles. The standard InChI is InChI=1S/C14H14N2OS2/c1-3-4-5-6-13(17)15-10-7-8-11-12(9-10)19-14(16-11)18-2/h3-9H,1-2H3,(H,15,17)/b4-3+,6-5+. The van der Waals surface area contributed by atoms with Crippen LogP contribution in [-0.2, 0) is 4.79 Å². The third-order valence-electron chi connectivity index (χ3n) is 2.36. The van der Waals surface area contributed by atoms with E-state index in [9.17, 15) is 4.79 Å². The first-order valence-electron chi connectivity index (χ1n) is 5.78. The molecule has 0 fully saturated rings. The first-order chi connectivity index (χ1) is 9.22.